The number of thiophene rings is 1. The summed E-state index contributed by atoms with van der Waals surface area (Å²) in [5.74, 6) is 0.910. The number of hydrogen-bond donors (Lipinski definition) is 1. The van der Waals surface area contributed by atoms with E-state index in [1.165, 1.54) is 4.70 Å². The predicted molar refractivity (Wildman–Crippen MR) is 57.2 cm³/mol. The fourth-order valence-electron chi connectivity index (χ4n) is 1.39. The highest BCUT2D eigenvalue weighted by atomic mass is 32.1. The van der Waals surface area contributed by atoms with Gasteiger partial charge in [0.2, 0.25) is 0 Å². The average molecular weight is 201 g/mol. The number of hydrogen-bond acceptors (Lipinski definition) is 3. The van der Waals surface area contributed by atoms with Gasteiger partial charge in [0, 0.05) is 18.6 Å². The Hall–Kier alpha value is -1.68. The number of imidazole rings is 1. The fourth-order valence-corrected chi connectivity index (χ4v) is 2.36. The molecule has 0 bridgehead atoms. The van der Waals surface area contributed by atoms with E-state index in [1.807, 2.05) is 12.3 Å². The van der Waals surface area contributed by atoms with Gasteiger partial charge in [0.25, 0.3) is 0 Å². The summed E-state index contributed by atoms with van der Waals surface area (Å²) in [7, 11) is 0. The molecule has 0 radical (unpaired) electrons. The first-order valence-electron chi connectivity index (χ1n) is 4.28. The summed E-state index contributed by atoms with van der Waals surface area (Å²) in [5.41, 5.74) is 1.03. The van der Waals surface area contributed by atoms with Crippen molar-refractivity contribution in [2.24, 2.45) is 0 Å². The zero-order valence-electron chi connectivity index (χ0n) is 7.27. The van der Waals surface area contributed by atoms with E-state index in [2.05, 4.69) is 27.1 Å². The molecule has 0 amide bonds. The molecule has 0 aliphatic rings. The fraction of sp³-hybridized carbons (Fsp3) is 0. The van der Waals surface area contributed by atoms with Crippen molar-refractivity contribution in [1.29, 1.82) is 0 Å². The summed E-state index contributed by atoms with van der Waals surface area (Å²) in [6, 6.07) is 6.07. The van der Waals surface area contributed by atoms with Crippen molar-refractivity contribution in [3.63, 3.8) is 0 Å². The number of aromatic amines is 1. The lowest BCUT2D eigenvalue weighted by Gasteiger charge is -1.85. The van der Waals surface area contributed by atoms with Crippen LogP contribution in [0.25, 0.3) is 20.9 Å². The van der Waals surface area contributed by atoms with E-state index in [1.54, 1.807) is 23.7 Å². The third-order valence-electron chi connectivity index (χ3n) is 2.02. The van der Waals surface area contributed by atoms with Crippen LogP contribution in [0.4, 0.5) is 0 Å². The van der Waals surface area contributed by atoms with Gasteiger partial charge in [0.1, 0.15) is 5.82 Å². The van der Waals surface area contributed by atoms with Gasteiger partial charge in [-0.05, 0) is 18.2 Å². The molecule has 0 fully saturated rings. The van der Waals surface area contributed by atoms with Crippen LogP contribution >= 0.6 is 11.3 Å². The Bertz CT molecular complexity index is 521. The molecule has 3 aromatic rings. The Morgan fingerprint density at radius 3 is 3.00 bits per heavy atom. The number of pyridine rings is 1. The normalized spacial score (nSPS) is 10.9. The number of nitrogens with one attached hydrogen (secondary N) is 1. The molecule has 0 aromatic carbocycles. The molecule has 0 aliphatic heterocycles. The van der Waals surface area contributed by atoms with E-state index in [4.69, 9.17) is 0 Å². The molecule has 4 heteroatoms. The van der Waals surface area contributed by atoms with Crippen LogP contribution in [0.3, 0.4) is 0 Å². The Labute approximate surface area is 84.5 Å². The van der Waals surface area contributed by atoms with Gasteiger partial charge >= 0.3 is 0 Å². The first-order valence-corrected chi connectivity index (χ1v) is 5.09. The van der Waals surface area contributed by atoms with Gasteiger partial charge in [-0.1, -0.05) is 0 Å². The average Bonchev–Trinajstić information content (AvgIpc) is 2.86. The van der Waals surface area contributed by atoms with Crippen molar-refractivity contribution in [1.82, 2.24) is 15.0 Å². The zero-order chi connectivity index (χ0) is 9.38. The van der Waals surface area contributed by atoms with Crippen LogP contribution in [0.2, 0.25) is 0 Å². The summed E-state index contributed by atoms with van der Waals surface area (Å²) < 4.78 is 1.19. The van der Waals surface area contributed by atoms with Crippen LogP contribution in [0.1, 0.15) is 0 Å². The van der Waals surface area contributed by atoms with Gasteiger partial charge in [-0.15, -0.1) is 11.3 Å². The number of rotatable bonds is 1. The number of H-pyrrole nitrogens is 1. The second-order valence-electron chi connectivity index (χ2n) is 2.94. The SMILES string of the molecule is c1cnc2cc(-c3ncc[nH]3)sc2c1. The van der Waals surface area contributed by atoms with Gasteiger partial charge < -0.3 is 4.98 Å². The molecular weight excluding hydrogens is 194 g/mol. The summed E-state index contributed by atoms with van der Waals surface area (Å²) in [6.07, 6.45) is 5.39. The largest absolute Gasteiger partial charge is 0.344 e. The molecule has 1 N–H and O–H groups in total. The van der Waals surface area contributed by atoms with Crippen molar-refractivity contribution in [3.8, 4) is 10.7 Å². The molecule has 3 nitrogen and oxygen atoms in total. The van der Waals surface area contributed by atoms with Crippen molar-refractivity contribution >= 4 is 21.6 Å². The lowest BCUT2D eigenvalue weighted by atomic mass is 10.3. The first kappa shape index (κ1) is 7.70. The molecule has 0 atom stereocenters. The van der Waals surface area contributed by atoms with Crippen LogP contribution in [-0.4, -0.2) is 15.0 Å². The summed E-state index contributed by atoms with van der Waals surface area (Å²) >= 11 is 1.70. The highest BCUT2D eigenvalue weighted by molar-refractivity contribution is 7.22. The van der Waals surface area contributed by atoms with E-state index in [0.29, 0.717) is 0 Å². The maximum atomic E-state index is 4.28. The van der Waals surface area contributed by atoms with Crippen LogP contribution in [-0.2, 0) is 0 Å². The maximum Gasteiger partial charge on any atom is 0.147 e. The lowest BCUT2D eigenvalue weighted by Crippen LogP contribution is -1.72. The Morgan fingerprint density at radius 1 is 1.21 bits per heavy atom. The molecule has 3 rings (SSSR count). The van der Waals surface area contributed by atoms with E-state index in [-0.39, 0.29) is 0 Å². The summed E-state index contributed by atoms with van der Waals surface area (Å²) in [6.45, 7) is 0. The Kier molecular flexibility index (Phi) is 1.61. The van der Waals surface area contributed by atoms with Gasteiger partial charge in [0.05, 0.1) is 15.1 Å². The smallest absolute Gasteiger partial charge is 0.147 e. The van der Waals surface area contributed by atoms with E-state index in [9.17, 15) is 0 Å². The highest BCUT2D eigenvalue weighted by Crippen LogP contribution is 2.29. The van der Waals surface area contributed by atoms with E-state index >= 15 is 0 Å². The van der Waals surface area contributed by atoms with Crippen LogP contribution in [0.5, 0.6) is 0 Å². The molecule has 0 aliphatic carbocycles. The van der Waals surface area contributed by atoms with Crippen molar-refractivity contribution < 1.29 is 0 Å². The molecular formula is C10H7N3S. The molecule has 0 saturated carbocycles. The molecule has 0 spiro atoms. The van der Waals surface area contributed by atoms with E-state index < -0.39 is 0 Å². The minimum atomic E-state index is 0.910. The molecule has 14 heavy (non-hydrogen) atoms. The van der Waals surface area contributed by atoms with Crippen molar-refractivity contribution in [2.75, 3.05) is 0 Å². The quantitative estimate of drug-likeness (QED) is 0.657. The van der Waals surface area contributed by atoms with Gasteiger partial charge in [-0.2, -0.15) is 0 Å². The summed E-state index contributed by atoms with van der Waals surface area (Å²) in [4.78, 5) is 12.7. The van der Waals surface area contributed by atoms with Crippen LogP contribution in [0, 0.1) is 0 Å². The van der Waals surface area contributed by atoms with Gasteiger partial charge in [-0.3, -0.25) is 4.98 Å². The molecule has 0 saturated heterocycles. The van der Waals surface area contributed by atoms with Crippen LogP contribution < -0.4 is 0 Å². The zero-order valence-corrected chi connectivity index (χ0v) is 8.08. The minimum absolute atomic E-state index is 0.910. The van der Waals surface area contributed by atoms with Gasteiger partial charge in [0.15, 0.2) is 0 Å². The van der Waals surface area contributed by atoms with Crippen molar-refractivity contribution in [3.05, 3.63) is 36.8 Å². The lowest BCUT2D eigenvalue weighted by molar-refractivity contribution is 1.33. The first-order chi connectivity index (χ1) is 6.93. The topological polar surface area (TPSA) is 41.6 Å². The van der Waals surface area contributed by atoms with Crippen molar-refractivity contribution in [2.45, 2.75) is 0 Å². The maximum absolute atomic E-state index is 4.28. The summed E-state index contributed by atoms with van der Waals surface area (Å²) in [5, 5.41) is 0. The highest BCUT2D eigenvalue weighted by Gasteiger charge is 2.05. The molecule has 3 heterocycles. The monoisotopic (exact) mass is 201 g/mol. The third-order valence-corrected chi connectivity index (χ3v) is 3.12. The van der Waals surface area contributed by atoms with E-state index in [0.717, 1.165) is 16.2 Å². The van der Waals surface area contributed by atoms with Crippen LogP contribution in [0.15, 0.2) is 36.8 Å². The van der Waals surface area contributed by atoms with Gasteiger partial charge in [-0.25, -0.2) is 4.98 Å². The Morgan fingerprint density at radius 2 is 2.21 bits per heavy atom. The number of aromatic nitrogens is 3. The molecule has 68 valence electrons. The standard InChI is InChI=1S/C10H7N3S/c1-2-8-7(11-3-1)6-9(14-8)10-12-4-5-13-10/h1-6H,(H,12,13). The predicted octanol–water partition coefficient (Wildman–Crippen LogP) is 2.69. The minimum Gasteiger partial charge on any atom is -0.344 e. The number of fused-ring (bicyclic) bond motifs is 1. The second-order valence-corrected chi connectivity index (χ2v) is 4.02. The Balaban J connectivity index is 2.24. The number of nitrogens with zero attached hydrogens (tertiary/aromatic N) is 2. The molecule has 3 aromatic heterocycles. The second kappa shape index (κ2) is 2.92. The molecule has 0 unspecified atom stereocenters. The third kappa shape index (κ3) is 1.12.